The van der Waals surface area contributed by atoms with Gasteiger partial charge in [-0.15, -0.1) is 11.3 Å². The number of rotatable bonds is 6. The van der Waals surface area contributed by atoms with Gasteiger partial charge in [0.15, 0.2) is 5.78 Å². The number of thiophene rings is 1. The molecule has 3 rings (SSSR count). The average Bonchev–Trinajstić information content (AvgIpc) is 3.20. The molecule has 1 fully saturated rings. The summed E-state index contributed by atoms with van der Waals surface area (Å²) in [6.07, 6.45) is 2.95. The zero-order chi connectivity index (χ0) is 16.2. The van der Waals surface area contributed by atoms with E-state index in [0.717, 1.165) is 4.57 Å². The van der Waals surface area contributed by atoms with Gasteiger partial charge in [0.1, 0.15) is 5.82 Å². The van der Waals surface area contributed by atoms with E-state index in [4.69, 9.17) is 4.74 Å². The number of carbonyl (C=O) groups is 1. The van der Waals surface area contributed by atoms with Crippen LogP contribution < -0.4 is 0 Å². The van der Waals surface area contributed by atoms with Gasteiger partial charge in [-0.2, -0.15) is 8.78 Å². The van der Waals surface area contributed by atoms with E-state index >= 15 is 0 Å². The lowest BCUT2D eigenvalue weighted by atomic mass is 10.1. The number of carbonyl (C=O) groups excluding carboxylic acids is 1. The van der Waals surface area contributed by atoms with Crippen LogP contribution in [0.5, 0.6) is 0 Å². The predicted octanol–water partition coefficient (Wildman–Crippen LogP) is 2.81. The van der Waals surface area contributed by atoms with Crippen molar-refractivity contribution < 1.29 is 18.3 Å². The first-order valence-electron chi connectivity index (χ1n) is 7.33. The molecule has 8 heteroatoms. The molecule has 2 aromatic heterocycles. The molecule has 124 valence electrons. The maximum Gasteiger partial charge on any atom is 0.319 e. The van der Waals surface area contributed by atoms with E-state index in [-0.39, 0.29) is 18.4 Å². The van der Waals surface area contributed by atoms with Crippen molar-refractivity contribution in [3.8, 4) is 0 Å². The third-order valence-electron chi connectivity index (χ3n) is 3.87. The first kappa shape index (κ1) is 16.2. The van der Waals surface area contributed by atoms with Gasteiger partial charge in [0.25, 0.3) is 0 Å². The Morgan fingerprint density at radius 2 is 2.39 bits per heavy atom. The maximum absolute atomic E-state index is 12.9. The number of alkyl halides is 2. The standard InChI is InChI=1S/C15H17F2N3O2S/c16-15(17)20-4-3-18-14(20)9-19-5-6-22-10-11(19)8-12(21)13-2-1-7-23-13/h1-4,7,11,15H,5-6,8-10H2. The Balaban J connectivity index is 1.69. The molecule has 0 bridgehead atoms. The van der Waals surface area contributed by atoms with Gasteiger partial charge in [0.2, 0.25) is 0 Å². The first-order chi connectivity index (χ1) is 11.1. The molecule has 0 saturated carbocycles. The van der Waals surface area contributed by atoms with Crippen LogP contribution in [0.1, 0.15) is 28.5 Å². The molecule has 1 aliphatic rings. The van der Waals surface area contributed by atoms with E-state index < -0.39 is 6.55 Å². The summed E-state index contributed by atoms with van der Waals surface area (Å²) in [5.41, 5.74) is 0. The van der Waals surface area contributed by atoms with E-state index in [2.05, 4.69) is 4.98 Å². The number of ketones is 1. The molecule has 1 saturated heterocycles. The monoisotopic (exact) mass is 341 g/mol. The van der Waals surface area contributed by atoms with E-state index in [1.54, 1.807) is 6.07 Å². The molecule has 23 heavy (non-hydrogen) atoms. The number of morpholine rings is 1. The molecule has 2 aromatic rings. The number of Topliss-reactive ketones (excluding diaryl/α,β-unsaturated/α-hetero) is 1. The minimum atomic E-state index is -2.61. The molecular weight excluding hydrogens is 324 g/mol. The van der Waals surface area contributed by atoms with Crippen molar-refractivity contribution in [2.24, 2.45) is 0 Å². The molecule has 0 N–H and O–H groups in total. The van der Waals surface area contributed by atoms with Crippen molar-refractivity contribution in [2.75, 3.05) is 19.8 Å². The molecule has 0 aromatic carbocycles. The second-order valence-corrected chi connectivity index (χ2v) is 6.28. The molecule has 0 radical (unpaired) electrons. The first-order valence-corrected chi connectivity index (χ1v) is 8.21. The highest BCUT2D eigenvalue weighted by molar-refractivity contribution is 7.12. The van der Waals surface area contributed by atoms with Gasteiger partial charge in [0, 0.05) is 31.4 Å². The minimum absolute atomic E-state index is 0.0534. The molecule has 0 aliphatic carbocycles. The summed E-state index contributed by atoms with van der Waals surface area (Å²) < 4.78 is 32.2. The van der Waals surface area contributed by atoms with Gasteiger partial charge in [-0.1, -0.05) is 6.07 Å². The fourth-order valence-electron chi connectivity index (χ4n) is 2.66. The zero-order valence-corrected chi connectivity index (χ0v) is 13.2. The second kappa shape index (κ2) is 7.29. The lowest BCUT2D eigenvalue weighted by Gasteiger charge is -2.35. The Morgan fingerprint density at radius 1 is 1.52 bits per heavy atom. The number of imidazole rings is 1. The molecule has 1 aliphatic heterocycles. The van der Waals surface area contributed by atoms with Crippen molar-refractivity contribution in [1.82, 2.24) is 14.5 Å². The van der Waals surface area contributed by atoms with Crippen LogP contribution in [-0.2, 0) is 11.3 Å². The van der Waals surface area contributed by atoms with Crippen molar-refractivity contribution in [3.63, 3.8) is 0 Å². The Labute approximate surface area is 136 Å². The van der Waals surface area contributed by atoms with Crippen LogP contribution in [0.15, 0.2) is 29.9 Å². The van der Waals surface area contributed by atoms with Gasteiger partial charge in [-0.05, 0) is 11.4 Å². The topological polar surface area (TPSA) is 47.4 Å². The average molecular weight is 341 g/mol. The maximum atomic E-state index is 12.9. The van der Waals surface area contributed by atoms with Gasteiger partial charge in [0.05, 0.1) is 24.6 Å². The highest BCUT2D eigenvalue weighted by Crippen LogP contribution is 2.20. The van der Waals surface area contributed by atoms with E-state index in [0.29, 0.717) is 36.9 Å². The Hall–Kier alpha value is -1.64. The molecule has 5 nitrogen and oxygen atoms in total. The van der Waals surface area contributed by atoms with Crippen LogP contribution in [-0.4, -0.2) is 46.0 Å². The number of hydrogen-bond donors (Lipinski definition) is 0. The van der Waals surface area contributed by atoms with Gasteiger partial charge in [-0.3, -0.25) is 14.3 Å². The third kappa shape index (κ3) is 3.82. The van der Waals surface area contributed by atoms with Crippen molar-refractivity contribution in [1.29, 1.82) is 0 Å². The Bertz CT molecular complexity index is 645. The third-order valence-corrected chi connectivity index (χ3v) is 4.78. The summed E-state index contributed by atoms with van der Waals surface area (Å²) in [5.74, 6) is 0.355. The Morgan fingerprint density at radius 3 is 3.13 bits per heavy atom. The molecule has 1 unspecified atom stereocenters. The fourth-order valence-corrected chi connectivity index (χ4v) is 3.34. The van der Waals surface area contributed by atoms with Crippen LogP contribution in [0.25, 0.3) is 0 Å². The van der Waals surface area contributed by atoms with Crippen LogP contribution in [0, 0.1) is 0 Å². The number of halogens is 2. The van der Waals surface area contributed by atoms with Crippen LogP contribution >= 0.6 is 11.3 Å². The van der Waals surface area contributed by atoms with E-state index in [1.165, 1.54) is 23.7 Å². The van der Waals surface area contributed by atoms with Crippen molar-refractivity contribution >= 4 is 17.1 Å². The summed E-state index contributed by atoms with van der Waals surface area (Å²) in [7, 11) is 0. The molecule has 0 spiro atoms. The molecule has 1 atom stereocenters. The summed E-state index contributed by atoms with van der Waals surface area (Å²) >= 11 is 1.41. The van der Waals surface area contributed by atoms with Gasteiger partial charge in [-0.25, -0.2) is 4.98 Å². The lowest BCUT2D eigenvalue weighted by molar-refractivity contribution is -0.0164. The molecular formula is C15H17F2N3O2S. The Kier molecular flexibility index (Phi) is 5.14. The number of hydrogen-bond acceptors (Lipinski definition) is 5. The fraction of sp³-hybridized carbons (Fsp3) is 0.467. The summed E-state index contributed by atoms with van der Waals surface area (Å²) in [5, 5.41) is 1.86. The highest BCUT2D eigenvalue weighted by atomic mass is 32.1. The smallest absolute Gasteiger partial charge is 0.319 e. The second-order valence-electron chi connectivity index (χ2n) is 5.33. The lowest BCUT2D eigenvalue weighted by Crippen LogP contribution is -2.46. The van der Waals surface area contributed by atoms with Crippen LogP contribution in [0.4, 0.5) is 8.78 Å². The SMILES string of the molecule is O=C(CC1COCCN1Cc1nccn1C(F)F)c1cccs1. The van der Waals surface area contributed by atoms with Crippen molar-refractivity contribution in [2.45, 2.75) is 25.6 Å². The summed E-state index contributed by atoms with van der Waals surface area (Å²) in [6, 6.07) is 3.51. The minimum Gasteiger partial charge on any atom is -0.378 e. The largest absolute Gasteiger partial charge is 0.378 e. The predicted molar refractivity (Wildman–Crippen MR) is 81.8 cm³/mol. The van der Waals surface area contributed by atoms with Crippen molar-refractivity contribution in [3.05, 3.63) is 40.6 Å². The number of aromatic nitrogens is 2. The quantitative estimate of drug-likeness (QED) is 0.758. The number of nitrogens with zero attached hydrogens (tertiary/aromatic N) is 3. The zero-order valence-electron chi connectivity index (χ0n) is 12.4. The highest BCUT2D eigenvalue weighted by Gasteiger charge is 2.27. The molecule has 0 amide bonds. The molecule has 3 heterocycles. The van der Waals surface area contributed by atoms with Gasteiger partial charge >= 0.3 is 6.55 Å². The van der Waals surface area contributed by atoms with E-state index in [9.17, 15) is 13.6 Å². The number of ether oxygens (including phenoxy) is 1. The summed E-state index contributed by atoms with van der Waals surface area (Å²) in [4.78, 5) is 19.0. The van der Waals surface area contributed by atoms with Crippen LogP contribution in [0.3, 0.4) is 0 Å². The van der Waals surface area contributed by atoms with Gasteiger partial charge < -0.3 is 4.74 Å². The normalized spacial score (nSPS) is 19.3. The van der Waals surface area contributed by atoms with Crippen LogP contribution in [0.2, 0.25) is 0 Å². The summed E-state index contributed by atoms with van der Waals surface area (Å²) in [6.45, 7) is -0.785. The van der Waals surface area contributed by atoms with E-state index in [1.807, 2.05) is 16.3 Å².